The van der Waals surface area contributed by atoms with E-state index in [0.29, 0.717) is 41.9 Å². The topological polar surface area (TPSA) is 117 Å². The van der Waals surface area contributed by atoms with Crippen molar-refractivity contribution in [3.63, 3.8) is 0 Å². The minimum Gasteiger partial charge on any atom is -0.480 e. The van der Waals surface area contributed by atoms with Gasteiger partial charge in [-0.05, 0) is 55.0 Å². The van der Waals surface area contributed by atoms with E-state index in [2.05, 4.69) is 27.8 Å². The number of fused-ring (bicyclic) bond motifs is 2. The van der Waals surface area contributed by atoms with Gasteiger partial charge in [-0.15, -0.1) is 0 Å². The van der Waals surface area contributed by atoms with Crippen molar-refractivity contribution in [1.29, 1.82) is 5.26 Å². The third-order valence-corrected chi connectivity index (χ3v) is 7.05. The Morgan fingerprint density at radius 2 is 2.03 bits per heavy atom. The molecular formula is C24H23N5O4. The number of hydrogen-bond acceptors (Lipinski definition) is 7. The first-order chi connectivity index (χ1) is 16.1. The number of carbonyl (C=O) groups is 2. The maximum atomic E-state index is 12.5. The molecule has 2 aliphatic heterocycles. The van der Waals surface area contributed by atoms with Crippen LogP contribution in [-0.2, 0) is 22.4 Å². The summed E-state index contributed by atoms with van der Waals surface area (Å²) in [6, 6.07) is 12.4. The van der Waals surface area contributed by atoms with Gasteiger partial charge in [0.15, 0.2) is 18.2 Å². The quantitative estimate of drug-likeness (QED) is 0.741. The average Bonchev–Trinajstić information content (AvgIpc) is 3.38. The van der Waals surface area contributed by atoms with Gasteiger partial charge in [0.25, 0.3) is 5.91 Å². The maximum Gasteiger partial charge on any atom is 0.415 e. The van der Waals surface area contributed by atoms with Crippen LogP contribution in [0.25, 0.3) is 0 Å². The van der Waals surface area contributed by atoms with Crippen LogP contribution in [0, 0.1) is 17.2 Å². The van der Waals surface area contributed by atoms with Crippen LogP contribution >= 0.6 is 0 Å². The fraction of sp³-hybridized carbons (Fsp3) is 0.417. The van der Waals surface area contributed by atoms with Crippen molar-refractivity contribution in [3.8, 4) is 11.8 Å². The van der Waals surface area contributed by atoms with Crippen LogP contribution in [0.4, 0.5) is 16.4 Å². The lowest BCUT2D eigenvalue weighted by Crippen LogP contribution is -2.50. The van der Waals surface area contributed by atoms with Crippen LogP contribution in [0.5, 0.6) is 5.75 Å². The number of nitrogens with one attached hydrogen (secondary N) is 2. The fourth-order valence-corrected chi connectivity index (χ4v) is 5.33. The zero-order valence-electron chi connectivity index (χ0n) is 17.9. The Hall–Kier alpha value is -3.64. The lowest BCUT2D eigenvalue weighted by molar-refractivity contribution is -0.118. The fourth-order valence-electron chi connectivity index (χ4n) is 5.33. The van der Waals surface area contributed by atoms with Crippen molar-refractivity contribution in [3.05, 3.63) is 47.0 Å². The van der Waals surface area contributed by atoms with Gasteiger partial charge in [-0.3, -0.25) is 9.69 Å². The molecule has 9 nitrogen and oxygen atoms in total. The number of anilines is 2. The van der Waals surface area contributed by atoms with E-state index in [-0.39, 0.29) is 18.6 Å². The number of aromatic nitrogens is 1. The number of benzene rings is 1. The predicted octanol–water partition coefficient (Wildman–Crippen LogP) is 2.14. The summed E-state index contributed by atoms with van der Waals surface area (Å²) >= 11 is 0. The second-order valence-electron chi connectivity index (χ2n) is 9.14. The van der Waals surface area contributed by atoms with Crippen molar-refractivity contribution in [2.45, 2.75) is 43.9 Å². The van der Waals surface area contributed by atoms with E-state index < -0.39 is 6.09 Å². The predicted molar refractivity (Wildman–Crippen MR) is 118 cm³/mol. The van der Waals surface area contributed by atoms with Gasteiger partial charge < -0.3 is 20.1 Å². The van der Waals surface area contributed by atoms with E-state index in [4.69, 9.17) is 9.47 Å². The summed E-state index contributed by atoms with van der Waals surface area (Å²) in [5.41, 5.74) is 3.22. The van der Waals surface area contributed by atoms with Gasteiger partial charge in [0.1, 0.15) is 11.9 Å². The Morgan fingerprint density at radius 3 is 2.88 bits per heavy atom. The SMILES string of the molecule is N#Cc1cccc2c1CC(N[C@H]1C[C@H](C3CN(c4ccc5c(n4)NC(=O)CO5)C(=O)O3)C1)C2. The number of cyclic esters (lactones) is 1. The molecule has 0 radical (unpaired) electrons. The first-order valence-electron chi connectivity index (χ1n) is 11.3. The van der Waals surface area contributed by atoms with Gasteiger partial charge in [0.05, 0.1) is 18.2 Å². The number of hydrogen-bond donors (Lipinski definition) is 2. The van der Waals surface area contributed by atoms with Crippen LogP contribution in [0.2, 0.25) is 0 Å². The molecule has 2 amide bonds. The number of pyridine rings is 1. The summed E-state index contributed by atoms with van der Waals surface area (Å²) < 4.78 is 11.0. The molecule has 0 bridgehead atoms. The second kappa shape index (κ2) is 7.74. The number of nitrogens with zero attached hydrogens (tertiary/aromatic N) is 3. The monoisotopic (exact) mass is 445 g/mol. The highest BCUT2D eigenvalue weighted by Gasteiger charge is 2.44. The highest BCUT2D eigenvalue weighted by atomic mass is 16.6. The summed E-state index contributed by atoms with van der Waals surface area (Å²) in [5, 5.41) is 15.7. The standard InChI is InChI=1S/C24H23N5O4/c25-10-14-3-1-2-13-6-17(9-18(13)14)26-16-7-15(8-16)20-11-29(24(31)33-20)21-5-4-19-23(27-21)28-22(30)12-32-19/h1-5,15-17,20,26H,6-9,11-12H2,(H,27,28,30)/t15-,16-,17?,20?. The smallest absolute Gasteiger partial charge is 0.415 e. The molecule has 9 heteroatoms. The van der Waals surface area contributed by atoms with Gasteiger partial charge in [-0.1, -0.05) is 12.1 Å². The maximum absolute atomic E-state index is 12.5. The molecule has 0 spiro atoms. The zero-order chi connectivity index (χ0) is 22.5. The Bertz CT molecular complexity index is 1190. The molecule has 1 aromatic carbocycles. The second-order valence-corrected chi connectivity index (χ2v) is 9.14. The normalized spacial score (nSPS) is 27.5. The number of carbonyl (C=O) groups excluding carboxylic acids is 2. The van der Waals surface area contributed by atoms with E-state index in [1.54, 1.807) is 12.1 Å². The molecule has 1 aromatic heterocycles. The van der Waals surface area contributed by atoms with Crippen molar-refractivity contribution in [2.24, 2.45) is 5.92 Å². The summed E-state index contributed by atoms with van der Waals surface area (Å²) in [5.74, 6) is 1.29. The van der Waals surface area contributed by atoms with Gasteiger partial charge in [-0.2, -0.15) is 5.26 Å². The lowest BCUT2D eigenvalue weighted by atomic mass is 9.76. The molecule has 33 heavy (non-hydrogen) atoms. The number of amides is 2. The average molecular weight is 445 g/mol. The molecule has 6 rings (SSSR count). The minimum absolute atomic E-state index is 0.0365. The third-order valence-electron chi connectivity index (χ3n) is 7.05. The number of ether oxygens (including phenoxy) is 2. The summed E-state index contributed by atoms with van der Waals surface area (Å²) in [6.45, 7) is 0.405. The number of nitriles is 1. The zero-order valence-corrected chi connectivity index (χ0v) is 17.9. The molecule has 2 aliphatic carbocycles. The van der Waals surface area contributed by atoms with Crippen molar-refractivity contribution in [1.82, 2.24) is 10.3 Å². The van der Waals surface area contributed by atoms with Gasteiger partial charge >= 0.3 is 6.09 Å². The largest absolute Gasteiger partial charge is 0.480 e. The summed E-state index contributed by atoms with van der Waals surface area (Å²) in [6.07, 6.45) is 3.14. The van der Waals surface area contributed by atoms with E-state index >= 15 is 0 Å². The van der Waals surface area contributed by atoms with Crippen LogP contribution in [0.3, 0.4) is 0 Å². The first-order valence-corrected chi connectivity index (χ1v) is 11.3. The van der Waals surface area contributed by atoms with Crippen LogP contribution in [0.1, 0.15) is 29.5 Å². The molecule has 1 saturated heterocycles. The molecule has 2 atom stereocenters. The highest BCUT2D eigenvalue weighted by Crippen LogP contribution is 2.38. The van der Waals surface area contributed by atoms with Gasteiger partial charge in [0, 0.05) is 18.0 Å². The Balaban J connectivity index is 1.04. The molecule has 2 aromatic rings. The third kappa shape index (κ3) is 3.56. The first kappa shape index (κ1) is 20.0. The molecule has 1 saturated carbocycles. The van der Waals surface area contributed by atoms with Crippen LogP contribution < -0.4 is 20.3 Å². The van der Waals surface area contributed by atoms with Gasteiger partial charge in [-0.25, -0.2) is 9.78 Å². The molecular weight excluding hydrogens is 422 g/mol. The highest BCUT2D eigenvalue weighted by molar-refractivity contribution is 5.95. The molecule has 3 heterocycles. The Labute approximate surface area is 190 Å². The molecule has 2 fully saturated rings. The van der Waals surface area contributed by atoms with E-state index in [0.717, 1.165) is 31.2 Å². The number of rotatable bonds is 4. The lowest BCUT2D eigenvalue weighted by Gasteiger charge is -2.39. The molecule has 2 unspecified atom stereocenters. The van der Waals surface area contributed by atoms with Crippen LogP contribution in [0.15, 0.2) is 30.3 Å². The molecule has 4 aliphatic rings. The Morgan fingerprint density at radius 1 is 1.15 bits per heavy atom. The molecule has 168 valence electrons. The van der Waals surface area contributed by atoms with E-state index in [1.165, 1.54) is 16.0 Å². The minimum atomic E-state index is -0.415. The van der Waals surface area contributed by atoms with E-state index in [9.17, 15) is 14.9 Å². The summed E-state index contributed by atoms with van der Waals surface area (Å²) in [7, 11) is 0. The van der Waals surface area contributed by atoms with Gasteiger partial charge in [0.2, 0.25) is 0 Å². The Kier molecular flexibility index (Phi) is 4.69. The van der Waals surface area contributed by atoms with Crippen molar-refractivity contribution >= 4 is 23.6 Å². The molecule has 2 N–H and O–H groups in total. The summed E-state index contributed by atoms with van der Waals surface area (Å²) in [4.78, 5) is 30.0. The van der Waals surface area contributed by atoms with Crippen molar-refractivity contribution < 1.29 is 19.1 Å². The van der Waals surface area contributed by atoms with E-state index in [1.807, 2.05) is 12.1 Å². The van der Waals surface area contributed by atoms with Crippen LogP contribution in [-0.4, -0.2) is 48.3 Å². The van der Waals surface area contributed by atoms with Crippen molar-refractivity contribution in [2.75, 3.05) is 23.4 Å².